The lowest BCUT2D eigenvalue weighted by Gasteiger charge is -2.51. The van der Waals surface area contributed by atoms with Crippen LogP contribution in [0.15, 0.2) is 34.9 Å². The molecule has 33 heavy (non-hydrogen) atoms. The number of benzene rings is 1. The van der Waals surface area contributed by atoms with E-state index >= 15 is 0 Å². The van der Waals surface area contributed by atoms with Gasteiger partial charge in [-0.1, -0.05) is 13.8 Å². The van der Waals surface area contributed by atoms with Crippen LogP contribution in [0.4, 0.5) is 10.5 Å². The smallest absolute Gasteiger partial charge is 0.407 e. The molecular weight excluding hydrogens is 470 g/mol. The van der Waals surface area contributed by atoms with E-state index in [0.29, 0.717) is 29.1 Å². The molecule has 3 rings (SSSR count). The average Bonchev–Trinajstić information content (AvgIpc) is 3.05. The van der Waals surface area contributed by atoms with Gasteiger partial charge in [-0.05, 0) is 23.4 Å². The lowest BCUT2D eigenvalue weighted by Crippen LogP contribution is -2.65. The topological polar surface area (TPSA) is 139 Å². The highest BCUT2D eigenvalue weighted by molar-refractivity contribution is 8.03. The number of nitro benzene ring substituents is 1. The molecule has 2 heterocycles. The normalized spacial score (nSPS) is 20.2. The van der Waals surface area contributed by atoms with Gasteiger partial charge in [0.25, 0.3) is 5.69 Å². The van der Waals surface area contributed by atoms with Crippen molar-refractivity contribution in [2.45, 2.75) is 44.1 Å². The predicted molar refractivity (Wildman–Crippen MR) is 125 cm³/mol. The fourth-order valence-corrected chi connectivity index (χ4v) is 6.20. The third kappa shape index (κ3) is 5.27. The first-order valence-electron chi connectivity index (χ1n) is 10.4. The molecule has 2 aliphatic rings. The predicted octanol–water partition coefficient (Wildman–Crippen LogP) is 3.37. The Kier molecular flexibility index (Phi) is 7.90. The van der Waals surface area contributed by atoms with E-state index in [1.165, 1.54) is 40.9 Å². The van der Waals surface area contributed by atoms with Gasteiger partial charge in [0.05, 0.1) is 16.9 Å². The van der Waals surface area contributed by atoms with Crippen LogP contribution in [-0.2, 0) is 20.9 Å². The van der Waals surface area contributed by atoms with E-state index in [9.17, 15) is 29.6 Å². The highest BCUT2D eigenvalue weighted by Gasteiger charge is 2.61. The number of non-ortho nitro benzene ring substituents is 1. The second-order valence-electron chi connectivity index (χ2n) is 7.64. The fraction of sp³-hybridized carbons (Fsp3) is 0.476. The van der Waals surface area contributed by atoms with E-state index in [-0.39, 0.29) is 35.7 Å². The number of hydrogen-bond donors (Lipinski definition) is 2. The third-order valence-electron chi connectivity index (χ3n) is 5.65. The Morgan fingerprint density at radius 1 is 1.33 bits per heavy atom. The summed E-state index contributed by atoms with van der Waals surface area (Å²) in [7, 11) is 0. The van der Waals surface area contributed by atoms with E-state index in [4.69, 9.17) is 4.74 Å². The monoisotopic (exact) mass is 495 g/mol. The van der Waals surface area contributed by atoms with Gasteiger partial charge in [0.2, 0.25) is 5.91 Å². The molecule has 12 heteroatoms. The van der Waals surface area contributed by atoms with Crippen molar-refractivity contribution >= 4 is 47.2 Å². The van der Waals surface area contributed by atoms with E-state index < -0.39 is 22.5 Å². The number of thioether (sulfide) groups is 2. The van der Waals surface area contributed by atoms with Gasteiger partial charge in [0.1, 0.15) is 12.3 Å². The van der Waals surface area contributed by atoms with Gasteiger partial charge in [-0.15, -0.1) is 11.8 Å². The number of hydrogen-bond acceptors (Lipinski definition) is 8. The van der Waals surface area contributed by atoms with Crippen molar-refractivity contribution in [3.8, 4) is 0 Å². The van der Waals surface area contributed by atoms with Gasteiger partial charge < -0.3 is 15.2 Å². The zero-order valence-electron chi connectivity index (χ0n) is 18.2. The van der Waals surface area contributed by atoms with Gasteiger partial charge >= 0.3 is 12.1 Å². The molecule has 1 aromatic carbocycles. The van der Waals surface area contributed by atoms with Crippen LogP contribution >= 0.6 is 23.5 Å². The van der Waals surface area contributed by atoms with Crippen molar-refractivity contribution in [3.63, 3.8) is 0 Å². The second-order valence-corrected chi connectivity index (χ2v) is 10.4. The molecule has 0 radical (unpaired) electrons. The van der Waals surface area contributed by atoms with Gasteiger partial charge in [-0.25, -0.2) is 9.59 Å². The number of ether oxygens (including phenoxy) is 1. The van der Waals surface area contributed by atoms with Gasteiger partial charge in [-0.2, -0.15) is 11.8 Å². The van der Waals surface area contributed by atoms with Crippen LogP contribution in [-0.4, -0.2) is 61.7 Å². The Hall–Kier alpha value is -2.73. The van der Waals surface area contributed by atoms with Crippen LogP contribution in [0.5, 0.6) is 0 Å². The first-order valence-corrected chi connectivity index (χ1v) is 12.4. The van der Waals surface area contributed by atoms with E-state index in [1.54, 1.807) is 11.8 Å². The van der Waals surface area contributed by atoms with Crippen LogP contribution in [0, 0.1) is 10.1 Å². The first kappa shape index (κ1) is 24.9. The van der Waals surface area contributed by atoms with Crippen molar-refractivity contribution in [2.24, 2.45) is 0 Å². The number of carbonyl (C=O) groups excluding carboxylic acids is 2. The SMILES string of the molecule is CCS[C@H](C)[C@]12CC(=O)N1C(C(=O)O)=C(SCCNC(=O)OCc1ccc([N+](=O)[O-])cc1)C2. The minimum absolute atomic E-state index is 0.0299. The van der Waals surface area contributed by atoms with Crippen molar-refractivity contribution in [2.75, 3.05) is 18.1 Å². The Balaban J connectivity index is 1.49. The number of nitrogens with zero attached hydrogens (tertiary/aromatic N) is 2. The number of amides is 2. The van der Waals surface area contributed by atoms with Gasteiger partial charge in [0.15, 0.2) is 0 Å². The summed E-state index contributed by atoms with van der Waals surface area (Å²) in [6.07, 6.45) is 0.204. The number of β-lactam (4-membered cyclic amide) rings is 1. The Morgan fingerprint density at radius 3 is 2.61 bits per heavy atom. The molecule has 2 N–H and O–H groups in total. The molecule has 2 amide bonds. The lowest BCUT2D eigenvalue weighted by molar-refractivity contribution is -0.384. The Morgan fingerprint density at radius 2 is 2.03 bits per heavy atom. The van der Waals surface area contributed by atoms with Crippen molar-refractivity contribution in [1.29, 1.82) is 0 Å². The van der Waals surface area contributed by atoms with E-state index in [0.717, 1.165) is 5.75 Å². The molecule has 0 saturated carbocycles. The van der Waals surface area contributed by atoms with Gasteiger partial charge in [0, 0.05) is 41.0 Å². The molecule has 1 fully saturated rings. The molecule has 2 atom stereocenters. The number of carbonyl (C=O) groups is 3. The van der Waals surface area contributed by atoms with E-state index in [1.807, 2.05) is 13.8 Å². The molecule has 1 aromatic rings. The number of nitrogens with one attached hydrogen (secondary N) is 1. The maximum Gasteiger partial charge on any atom is 0.407 e. The molecule has 10 nitrogen and oxygen atoms in total. The van der Waals surface area contributed by atoms with E-state index in [2.05, 4.69) is 5.32 Å². The second kappa shape index (κ2) is 10.5. The summed E-state index contributed by atoms with van der Waals surface area (Å²) in [5.74, 6) is 0.0181. The Labute approximate surface area is 199 Å². The molecular formula is C21H25N3O7S2. The minimum atomic E-state index is -1.11. The molecule has 2 aliphatic heterocycles. The lowest BCUT2D eigenvalue weighted by atomic mass is 9.81. The summed E-state index contributed by atoms with van der Waals surface area (Å²) < 4.78 is 5.10. The summed E-state index contributed by atoms with van der Waals surface area (Å²) in [5.41, 5.74) is 0.148. The molecule has 0 aromatic heterocycles. The highest BCUT2D eigenvalue weighted by atomic mass is 32.2. The number of rotatable bonds is 11. The van der Waals surface area contributed by atoms with Crippen LogP contribution < -0.4 is 5.32 Å². The maximum absolute atomic E-state index is 12.2. The van der Waals surface area contributed by atoms with Crippen LogP contribution in [0.3, 0.4) is 0 Å². The number of alkyl carbamates (subject to hydrolysis) is 1. The average molecular weight is 496 g/mol. The number of carboxylic acids is 1. The fourth-order valence-electron chi connectivity index (χ4n) is 4.00. The quantitative estimate of drug-likeness (QED) is 0.205. The number of fused-ring (bicyclic) bond motifs is 1. The number of aliphatic carboxylic acids is 1. The van der Waals surface area contributed by atoms with Crippen LogP contribution in [0.25, 0.3) is 0 Å². The first-order chi connectivity index (χ1) is 15.7. The summed E-state index contributed by atoms with van der Waals surface area (Å²) in [5, 5.41) is 23.1. The van der Waals surface area contributed by atoms with Crippen LogP contribution in [0.2, 0.25) is 0 Å². The molecule has 0 aliphatic carbocycles. The molecule has 1 saturated heterocycles. The summed E-state index contributed by atoms with van der Waals surface area (Å²) in [4.78, 5) is 48.3. The molecule has 0 bridgehead atoms. The zero-order valence-corrected chi connectivity index (χ0v) is 19.9. The van der Waals surface area contributed by atoms with Gasteiger partial charge in [-0.3, -0.25) is 19.8 Å². The van der Waals surface area contributed by atoms with Crippen molar-refractivity contribution < 1.29 is 29.2 Å². The van der Waals surface area contributed by atoms with Crippen molar-refractivity contribution in [1.82, 2.24) is 10.2 Å². The zero-order chi connectivity index (χ0) is 24.2. The molecule has 178 valence electrons. The minimum Gasteiger partial charge on any atom is -0.477 e. The summed E-state index contributed by atoms with van der Waals surface area (Å²) in [6, 6.07) is 5.70. The molecule has 0 unspecified atom stereocenters. The molecule has 0 spiro atoms. The van der Waals surface area contributed by atoms with Crippen LogP contribution in [0.1, 0.15) is 32.3 Å². The number of carboxylic acid groups (broad SMARTS) is 1. The summed E-state index contributed by atoms with van der Waals surface area (Å²) >= 11 is 3.03. The highest BCUT2D eigenvalue weighted by Crippen LogP contribution is 2.54. The standard InChI is InChI=1S/C21H25N3O7S2/c1-3-32-13(2)21-10-16(18(19(26)27)23(21)17(25)11-21)33-9-8-22-20(28)31-12-14-4-6-15(7-5-14)24(29)30/h4-7,13H,3,8-12H2,1-2H3,(H,22,28)(H,26,27)/t13-,21+/m1/s1. The number of nitro groups is 1. The summed E-state index contributed by atoms with van der Waals surface area (Å²) in [6.45, 7) is 4.28. The largest absolute Gasteiger partial charge is 0.477 e. The van der Waals surface area contributed by atoms with Crippen molar-refractivity contribution in [3.05, 3.63) is 50.5 Å². The third-order valence-corrected chi connectivity index (χ3v) is 8.01. The Bertz CT molecular complexity index is 983. The maximum atomic E-state index is 12.2.